The molecule has 0 spiro atoms. The Morgan fingerprint density at radius 3 is 2.93 bits per heavy atom. The zero-order chi connectivity index (χ0) is 9.97. The van der Waals surface area contributed by atoms with Crippen molar-refractivity contribution in [1.29, 1.82) is 0 Å². The van der Waals surface area contributed by atoms with Gasteiger partial charge in [0, 0.05) is 10.6 Å². The number of nitrogens with zero attached hydrogens (tertiary/aromatic N) is 1. The summed E-state index contributed by atoms with van der Waals surface area (Å²) in [4.78, 5) is 5.76. The molecule has 2 rings (SSSR count). The van der Waals surface area contributed by atoms with Crippen LogP contribution in [0.5, 0.6) is 0 Å². The number of hydrogen-bond donors (Lipinski definition) is 1. The van der Waals surface area contributed by atoms with Gasteiger partial charge < -0.3 is 4.42 Å². The van der Waals surface area contributed by atoms with Crippen molar-refractivity contribution in [3.05, 3.63) is 29.0 Å². The lowest BCUT2D eigenvalue weighted by Crippen LogP contribution is -1.84. The fraction of sp³-hybridized carbons (Fsp3) is 0.300. The molecule has 0 atom stereocenters. The minimum absolute atomic E-state index is 0.752. The molecule has 0 amide bonds. The smallest absolute Gasteiger partial charge is 0.162 e. The van der Waals surface area contributed by atoms with Gasteiger partial charge in [-0.25, -0.2) is 4.98 Å². The third-order valence-electron chi connectivity index (χ3n) is 1.99. The number of rotatable bonds is 3. The molecular weight excluding hydrogens is 214 g/mol. The van der Waals surface area contributed by atoms with Crippen LogP contribution < -0.4 is 0 Å². The lowest BCUT2D eigenvalue weighted by Gasteiger charge is -1.90. The molecule has 14 heavy (non-hydrogen) atoms. The van der Waals surface area contributed by atoms with E-state index in [2.05, 4.69) is 24.5 Å². The first-order chi connectivity index (χ1) is 6.85. The van der Waals surface area contributed by atoms with Crippen molar-refractivity contribution < 1.29 is 4.42 Å². The fourth-order valence-electron chi connectivity index (χ4n) is 1.29. The van der Waals surface area contributed by atoms with Crippen LogP contribution in [0.25, 0.3) is 10.8 Å². The van der Waals surface area contributed by atoms with Crippen LogP contribution in [0.2, 0.25) is 0 Å². The van der Waals surface area contributed by atoms with Crippen LogP contribution in [0.15, 0.2) is 22.8 Å². The Hall–Kier alpha value is -0.740. The molecule has 0 saturated carbocycles. The lowest BCUT2D eigenvalue weighted by atomic mass is 10.3. The van der Waals surface area contributed by atoms with Gasteiger partial charge in [-0.2, -0.15) is 12.6 Å². The molecule has 0 N–H and O–H groups in total. The zero-order valence-corrected chi connectivity index (χ0v) is 9.57. The standard InChI is InChI=1S/C10H11NOS2/c1-2-7-9(6-13)14-10(11-7)8-4-3-5-12-8/h3-5,13H,2,6H2,1H3. The molecule has 0 aliphatic rings. The third-order valence-corrected chi connectivity index (χ3v) is 3.63. The summed E-state index contributed by atoms with van der Waals surface area (Å²) < 4.78 is 5.30. The summed E-state index contributed by atoms with van der Waals surface area (Å²) in [7, 11) is 0. The minimum atomic E-state index is 0.752. The number of aryl methyl sites for hydroxylation is 1. The van der Waals surface area contributed by atoms with Crippen LogP contribution in [-0.4, -0.2) is 4.98 Å². The van der Waals surface area contributed by atoms with E-state index in [1.165, 1.54) is 4.88 Å². The largest absolute Gasteiger partial charge is 0.462 e. The second kappa shape index (κ2) is 4.19. The van der Waals surface area contributed by atoms with E-state index in [0.29, 0.717) is 0 Å². The second-order valence-corrected chi connectivity index (χ2v) is 4.28. The van der Waals surface area contributed by atoms with E-state index < -0.39 is 0 Å². The third kappa shape index (κ3) is 1.72. The van der Waals surface area contributed by atoms with Crippen molar-refractivity contribution in [2.24, 2.45) is 0 Å². The van der Waals surface area contributed by atoms with Crippen molar-refractivity contribution in [2.75, 3.05) is 0 Å². The maximum atomic E-state index is 5.30. The average Bonchev–Trinajstić information content (AvgIpc) is 2.85. The Labute approximate surface area is 92.4 Å². The monoisotopic (exact) mass is 225 g/mol. The van der Waals surface area contributed by atoms with Gasteiger partial charge in [-0.05, 0) is 18.6 Å². The van der Waals surface area contributed by atoms with Gasteiger partial charge in [0.2, 0.25) is 0 Å². The van der Waals surface area contributed by atoms with E-state index in [-0.39, 0.29) is 0 Å². The molecule has 0 fully saturated rings. The molecule has 0 aromatic carbocycles. The summed E-state index contributed by atoms with van der Waals surface area (Å²) in [6.07, 6.45) is 2.62. The summed E-state index contributed by atoms with van der Waals surface area (Å²) in [5.74, 6) is 1.60. The van der Waals surface area contributed by atoms with Gasteiger partial charge in [0.25, 0.3) is 0 Å². The van der Waals surface area contributed by atoms with Gasteiger partial charge >= 0.3 is 0 Å². The van der Waals surface area contributed by atoms with Crippen molar-refractivity contribution in [3.8, 4) is 10.8 Å². The fourth-order valence-corrected chi connectivity index (χ4v) is 2.64. The second-order valence-electron chi connectivity index (χ2n) is 2.88. The Bertz CT molecular complexity index is 384. The highest BCUT2D eigenvalue weighted by atomic mass is 32.1. The predicted molar refractivity (Wildman–Crippen MR) is 61.9 cm³/mol. The van der Waals surface area contributed by atoms with E-state index in [9.17, 15) is 0 Å². The van der Waals surface area contributed by atoms with Crippen LogP contribution >= 0.6 is 24.0 Å². The molecule has 2 heterocycles. The highest BCUT2D eigenvalue weighted by Crippen LogP contribution is 2.29. The molecule has 2 aromatic heterocycles. The van der Waals surface area contributed by atoms with Gasteiger partial charge in [-0.1, -0.05) is 6.92 Å². The summed E-state index contributed by atoms with van der Waals surface area (Å²) in [6, 6.07) is 3.81. The van der Waals surface area contributed by atoms with E-state index in [1.807, 2.05) is 12.1 Å². The van der Waals surface area contributed by atoms with Crippen molar-refractivity contribution in [1.82, 2.24) is 4.98 Å². The molecule has 0 unspecified atom stereocenters. The predicted octanol–water partition coefficient (Wildman–Crippen LogP) is 3.40. The molecule has 0 bridgehead atoms. The summed E-state index contributed by atoms with van der Waals surface area (Å²) in [6.45, 7) is 2.11. The topological polar surface area (TPSA) is 26.0 Å². The van der Waals surface area contributed by atoms with Crippen molar-refractivity contribution >= 4 is 24.0 Å². The lowest BCUT2D eigenvalue weighted by molar-refractivity contribution is 0.581. The Balaban J connectivity index is 2.41. The van der Waals surface area contributed by atoms with E-state index in [0.717, 1.165) is 28.6 Å². The maximum absolute atomic E-state index is 5.30. The molecule has 74 valence electrons. The van der Waals surface area contributed by atoms with E-state index in [1.54, 1.807) is 17.6 Å². The first kappa shape index (κ1) is 9.80. The summed E-state index contributed by atoms with van der Waals surface area (Å²) >= 11 is 5.94. The van der Waals surface area contributed by atoms with Gasteiger partial charge in [0.15, 0.2) is 10.8 Å². The van der Waals surface area contributed by atoms with Crippen LogP contribution in [0, 0.1) is 0 Å². The number of aromatic nitrogens is 1. The molecule has 0 aliphatic carbocycles. The van der Waals surface area contributed by atoms with Crippen molar-refractivity contribution in [2.45, 2.75) is 19.1 Å². The average molecular weight is 225 g/mol. The quantitative estimate of drug-likeness (QED) is 0.810. The summed E-state index contributed by atoms with van der Waals surface area (Å²) in [5, 5.41) is 0.955. The normalized spacial score (nSPS) is 10.7. The highest BCUT2D eigenvalue weighted by molar-refractivity contribution is 7.79. The molecule has 0 aliphatic heterocycles. The van der Waals surface area contributed by atoms with Crippen LogP contribution in [0.1, 0.15) is 17.5 Å². The van der Waals surface area contributed by atoms with Gasteiger partial charge in [-0.15, -0.1) is 11.3 Å². The zero-order valence-electron chi connectivity index (χ0n) is 7.86. The number of furan rings is 1. The Morgan fingerprint density at radius 1 is 1.57 bits per heavy atom. The number of thiol groups is 1. The molecule has 0 radical (unpaired) electrons. The molecule has 2 aromatic rings. The van der Waals surface area contributed by atoms with Crippen molar-refractivity contribution in [3.63, 3.8) is 0 Å². The maximum Gasteiger partial charge on any atom is 0.162 e. The molecular formula is C10H11NOS2. The first-order valence-corrected chi connectivity index (χ1v) is 5.93. The van der Waals surface area contributed by atoms with Crippen LogP contribution in [-0.2, 0) is 12.2 Å². The van der Waals surface area contributed by atoms with Gasteiger partial charge in [0.1, 0.15) is 0 Å². The minimum Gasteiger partial charge on any atom is -0.462 e. The first-order valence-electron chi connectivity index (χ1n) is 4.48. The molecule has 4 heteroatoms. The SMILES string of the molecule is CCc1nc(-c2ccco2)sc1CS. The number of hydrogen-bond acceptors (Lipinski definition) is 4. The molecule has 0 saturated heterocycles. The highest BCUT2D eigenvalue weighted by Gasteiger charge is 2.11. The number of thiazole rings is 1. The molecule has 2 nitrogen and oxygen atoms in total. The van der Waals surface area contributed by atoms with Crippen LogP contribution in [0.3, 0.4) is 0 Å². The van der Waals surface area contributed by atoms with E-state index >= 15 is 0 Å². The Morgan fingerprint density at radius 2 is 2.43 bits per heavy atom. The summed E-state index contributed by atoms with van der Waals surface area (Å²) in [5.41, 5.74) is 1.14. The van der Waals surface area contributed by atoms with Gasteiger partial charge in [0.05, 0.1) is 12.0 Å². The van der Waals surface area contributed by atoms with E-state index in [4.69, 9.17) is 4.42 Å². The van der Waals surface area contributed by atoms with Crippen LogP contribution in [0.4, 0.5) is 0 Å². The van der Waals surface area contributed by atoms with Gasteiger partial charge in [-0.3, -0.25) is 0 Å². The Kier molecular flexibility index (Phi) is 2.93.